The normalized spacial score (nSPS) is 13.2. The zero-order valence-corrected chi connectivity index (χ0v) is 28.9. The predicted molar refractivity (Wildman–Crippen MR) is 177 cm³/mol. The third kappa shape index (κ3) is 4.96. The Bertz CT molecular complexity index is 2120. The van der Waals surface area contributed by atoms with E-state index in [2.05, 4.69) is 130 Å². The van der Waals surface area contributed by atoms with E-state index in [0.29, 0.717) is 0 Å². The predicted octanol–water partition coefficient (Wildman–Crippen LogP) is 3.99. The molecule has 0 radical (unpaired) electrons. The van der Waals surface area contributed by atoms with Crippen LogP contribution in [0.2, 0.25) is 0 Å². The zero-order chi connectivity index (χ0) is 27.6. The molecule has 45 heavy (non-hydrogen) atoms. The average Bonchev–Trinajstić information content (AvgIpc) is 3.87. The smallest absolute Gasteiger partial charge is 1.00 e. The third-order valence-corrected chi connectivity index (χ3v) is 9.65. The number of para-hydroxylation sites is 2. The molecule has 6 aromatic carbocycles. The summed E-state index contributed by atoms with van der Waals surface area (Å²) in [4.78, 5) is 0. The van der Waals surface area contributed by atoms with Crippen LogP contribution in [0.1, 0.15) is 35.4 Å². The van der Waals surface area contributed by atoms with Crippen molar-refractivity contribution >= 4 is 43.4 Å². The number of aryl methyl sites for hydroxylation is 2. The quantitative estimate of drug-likeness (QED) is 0.242. The number of hydrogen-bond donors (Lipinski definition) is 0. The van der Waals surface area contributed by atoms with Crippen molar-refractivity contribution in [1.82, 2.24) is 9.13 Å². The SMILES string of the molecule is [Cl-].[Cl-].[Zr+4].c1cc(-n2c3c(c4ccccc42)CCC3)c2cc[cH-]c2c1.c1cc(-n2c3c(c4ccccc42)CCC3)c2cc[cH-]c2c1. The van der Waals surface area contributed by atoms with Crippen LogP contribution in [0.15, 0.2) is 121 Å². The molecule has 2 heterocycles. The molecule has 0 bridgehead atoms. The topological polar surface area (TPSA) is 9.86 Å². The van der Waals surface area contributed by atoms with Crippen molar-refractivity contribution in [2.45, 2.75) is 38.5 Å². The standard InChI is InChI=1S/2C20H16N.2ClH.Zr/c2*1-2-11-19-16(8-1)17-10-5-13-20(17)21(19)18-12-4-7-14-6-3-9-15(14)18;;;/h2*1-4,6-9,11-12H,5,10,13H2;2*1H;/q2*-1;;;+4/p-2. The minimum absolute atomic E-state index is 0. The summed E-state index contributed by atoms with van der Waals surface area (Å²) >= 11 is 0. The molecule has 2 aliphatic rings. The van der Waals surface area contributed by atoms with E-state index in [1.807, 2.05) is 0 Å². The Morgan fingerprint density at radius 3 is 1.36 bits per heavy atom. The Labute approximate surface area is 295 Å². The second kappa shape index (κ2) is 12.8. The van der Waals surface area contributed by atoms with Crippen LogP contribution in [0.4, 0.5) is 0 Å². The summed E-state index contributed by atoms with van der Waals surface area (Å²) < 4.78 is 5.00. The van der Waals surface area contributed by atoms with Crippen LogP contribution in [0, 0.1) is 0 Å². The van der Waals surface area contributed by atoms with Crippen LogP contribution in [-0.4, -0.2) is 9.13 Å². The van der Waals surface area contributed by atoms with Crippen LogP contribution in [-0.2, 0) is 51.9 Å². The average molecular weight is 703 g/mol. The Morgan fingerprint density at radius 1 is 0.444 bits per heavy atom. The number of fused-ring (bicyclic) bond motifs is 8. The summed E-state index contributed by atoms with van der Waals surface area (Å²) in [5.41, 5.74) is 11.5. The molecule has 0 aliphatic heterocycles. The summed E-state index contributed by atoms with van der Waals surface area (Å²) in [6.45, 7) is 0. The van der Waals surface area contributed by atoms with Crippen molar-refractivity contribution in [3.63, 3.8) is 0 Å². The number of hydrogen-bond acceptors (Lipinski definition) is 0. The molecule has 0 saturated heterocycles. The van der Waals surface area contributed by atoms with E-state index in [4.69, 9.17) is 0 Å². The van der Waals surface area contributed by atoms with E-state index >= 15 is 0 Å². The van der Waals surface area contributed by atoms with Gasteiger partial charge >= 0.3 is 26.2 Å². The maximum absolute atomic E-state index is 2.50. The van der Waals surface area contributed by atoms with Gasteiger partial charge in [0.25, 0.3) is 0 Å². The van der Waals surface area contributed by atoms with Gasteiger partial charge in [0.1, 0.15) is 0 Å². The van der Waals surface area contributed by atoms with E-state index in [9.17, 15) is 0 Å². The molecule has 0 unspecified atom stereocenters. The molecule has 8 aromatic rings. The Kier molecular flexibility index (Phi) is 8.99. The molecule has 10 rings (SSSR count). The molecular formula is C40H32Cl2N2Zr. The monoisotopic (exact) mass is 700 g/mol. The Hall–Kier alpha value is -3.36. The molecule has 0 N–H and O–H groups in total. The molecule has 0 saturated carbocycles. The van der Waals surface area contributed by atoms with Crippen LogP contribution in [0.3, 0.4) is 0 Å². The van der Waals surface area contributed by atoms with Crippen molar-refractivity contribution in [2.75, 3.05) is 0 Å². The summed E-state index contributed by atoms with van der Waals surface area (Å²) in [5, 5.41) is 8.25. The van der Waals surface area contributed by atoms with Gasteiger partial charge in [0.2, 0.25) is 0 Å². The first-order valence-electron chi connectivity index (χ1n) is 15.4. The first kappa shape index (κ1) is 31.6. The molecule has 0 atom stereocenters. The maximum atomic E-state index is 2.50. The van der Waals surface area contributed by atoms with E-state index in [1.165, 1.54) is 105 Å². The van der Waals surface area contributed by atoms with Gasteiger partial charge in [-0.25, -0.2) is 0 Å². The van der Waals surface area contributed by atoms with Gasteiger partial charge in [0.05, 0.1) is 11.0 Å². The fourth-order valence-corrected chi connectivity index (χ4v) is 7.90. The third-order valence-electron chi connectivity index (χ3n) is 9.65. The maximum Gasteiger partial charge on any atom is 4.00 e. The number of rotatable bonds is 2. The molecule has 2 aromatic heterocycles. The van der Waals surface area contributed by atoms with Gasteiger partial charge < -0.3 is 33.9 Å². The van der Waals surface area contributed by atoms with E-state index in [1.54, 1.807) is 11.1 Å². The van der Waals surface area contributed by atoms with Crippen LogP contribution in [0.5, 0.6) is 0 Å². The molecule has 2 nitrogen and oxygen atoms in total. The first-order valence-corrected chi connectivity index (χ1v) is 15.4. The van der Waals surface area contributed by atoms with E-state index < -0.39 is 0 Å². The molecule has 5 heteroatoms. The van der Waals surface area contributed by atoms with Gasteiger partial charge in [-0.2, -0.15) is 24.3 Å². The molecule has 0 amide bonds. The number of benzene rings is 4. The number of nitrogens with zero attached hydrogens (tertiary/aromatic N) is 2. The van der Waals surface area contributed by atoms with Crippen molar-refractivity contribution in [2.24, 2.45) is 0 Å². The van der Waals surface area contributed by atoms with Crippen LogP contribution in [0.25, 0.3) is 54.7 Å². The van der Waals surface area contributed by atoms with E-state index in [0.717, 1.165) is 0 Å². The zero-order valence-electron chi connectivity index (χ0n) is 24.9. The summed E-state index contributed by atoms with van der Waals surface area (Å²) in [5.74, 6) is 0. The molecule has 220 valence electrons. The largest absolute Gasteiger partial charge is 4.00 e. The van der Waals surface area contributed by atoms with Crippen molar-refractivity contribution in [1.29, 1.82) is 0 Å². The molecule has 0 spiro atoms. The van der Waals surface area contributed by atoms with Crippen LogP contribution < -0.4 is 24.8 Å². The number of halogens is 2. The minimum Gasteiger partial charge on any atom is -1.00 e. The molecular weight excluding hydrogens is 671 g/mol. The van der Waals surface area contributed by atoms with Gasteiger partial charge in [-0.15, -0.1) is 57.9 Å². The van der Waals surface area contributed by atoms with Crippen molar-refractivity contribution in [3.05, 3.63) is 144 Å². The van der Waals surface area contributed by atoms with Gasteiger partial charge in [-0.3, -0.25) is 0 Å². The summed E-state index contributed by atoms with van der Waals surface area (Å²) in [6, 6.07) is 44.1. The van der Waals surface area contributed by atoms with Crippen molar-refractivity contribution in [3.8, 4) is 11.4 Å². The molecule has 2 aliphatic carbocycles. The van der Waals surface area contributed by atoms with Crippen molar-refractivity contribution < 1.29 is 51.0 Å². The molecule has 0 fully saturated rings. The van der Waals surface area contributed by atoms with E-state index in [-0.39, 0.29) is 51.0 Å². The fourth-order valence-electron chi connectivity index (χ4n) is 7.90. The first-order chi connectivity index (χ1) is 20.9. The Balaban J connectivity index is 0.000000149. The Morgan fingerprint density at radius 2 is 0.889 bits per heavy atom. The van der Waals surface area contributed by atoms with Gasteiger partial charge in [-0.1, -0.05) is 48.5 Å². The minimum atomic E-state index is 0. The van der Waals surface area contributed by atoms with Gasteiger partial charge in [0, 0.05) is 33.5 Å². The number of aromatic nitrogens is 2. The van der Waals surface area contributed by atoms with Gasteiger partial charge in [-0.05, 0) is 61.8 Å². The van der Waals surface area contributed by atoms with Gasteiger partial charge in [0.15, 0.2) is 0 Å². The second-order valence-electron chi connectivity index (χ2n) is 11.9. The summed E-state index contributed by atoms with van der Waals surface area (Å²) in [6.07, 6.45) is 7.40. The fraction of sp³-hybridized carbons (Fsp3) is 0.150. The van der Waals surface area contributed by atoms with Crippen LogP contribution >= 0.6 is 0 Å². The summed E-state index contributed by atoms with van der Waals surface area (Å²) in [7, 11) is 0. The second-order valence-corrected chi connectivity index (χ2v) is 11.9.